The van der Waals surface area contributed by atoms with Crippen molar-refractivity contribution >= 4 is 11.8 Å². The van der Waals surface area contributed by atoms with Gasteiger partial charge in [0.15, 0.2) is 0 Å². The standard InChI is InChI=1S/C51H54N2O8/c1-49(2,47(54)52-45(33-35-13-9-7-10-14-35)50(56,37-17-25-41(58-3)26-18-37)38-19-27-42(59-4)28-20-38)48(55)53-46(34-36-15-11-8-12-16-36)51(57,39-21-29-43(60-5)30-22-39)40-23-31-44(61-6)32-24-40/h7-32,45-46,56-57H,33-34H2,1-6H3,(H,52,54)(H,53,55). The molecule has 10 nitrogen and oxygen atoms in total. The number of benzene rings is 6. The van der Waals surface area contributed by atoms with Crippen molar-refractivity contribution in [2.75, 3.05) is 28.4 Å². The van der Waals surface area contributed by atoms with Gasteiger partial charge in [-0.1, -0.05) is 109 Å². The number of methoxy groups -OCH3 is 4. The van der Waals surface area contributed by atoms with Gasteiger partial charge in [-0.25, -0.2) is 0 Å². The predicted octanol–water partition coefficient (Wildman–Crippen LogP) is 7.37. The van der Waals surface area contributed by atoms with Crippen molar-refractivity contribution in [2.45, 2.75) is 50.0 Å². The maximum absolute atomic E-state index is 14.9. The lowest BCUT2D eigenvalue weighted by atomic mass is 9.76. The maximum atomic E-state index is 14.9. The zero-order valence-electron chi connectivity index (χ0n) is 35.4. The van der Waals surface area contributed by atoms with E-state index < -0.39 is 40.5 Å². The molecule has 0 bridgehead atoms. The Morgan fingerprint density at radius 3 is 0.918 bits per heavy atom. The largest absolute Gasteiger partial charge is 0.497 e. The summed E-state index contributed by atoms with van der Waals surface area (Å²) in [4.78, 5) is 29.7. The fourth-order valence-electron chi connectivity index (χ4n) is 7.60. The topological polar surface area (TPSA) is 136 Å². The van der Waals surface area contributed by atoms with E-state index in [0.717, 1.165) is 11.1 Å². The molecule has 4 N–H and O–H groups in total. The van der Waals surface area contributed by atoms with Gasteiger partial charge in [0.1, 0.15) is 39.6 Å². The van der Waals surface area contributed by atoms with Crippen molar-refractivity contribution in [2.24, 2.45) is 5.41 Å². The molecule has 0 spiro atoms. The van der Waals surface area contributed by atoms with Gasteiger partial charge in [0, 0.05) is 0 Å². The van der Waals surface area contributed by atoms with Crippen LogP contribution in [0.25, 0.3) is 0 Å². The molecule has 2 unspecified atom stereocenters. The van der Waals surface area contributed by atoms with Gasteiger partial charge in [0.2, 0.25) is 11.8 Å². The molecule has 0 aliphatic heterocycles. The summed E-state index contributed by atoms with van der Waals surface area (Å²) < 4.78 is 21.8. The molecule has 0 aromatic heterocycles. The third-order valence-electron chi connectivity index (χ3n) is 11.4. The van der Waals surface area contributed by atoms with Crippen LogP contribution in [0.4, 0.5) is 0 Å². The van der Waals surface area contributed by atoms with E-state index in [0.29, 0.717) is 45.3 Å². The summed E-state index contributed by atoms with van der Waals surface area (Å²) in [5.41, 5.74) is -1.67. The first-order chi connectivity index (χ1) is 29.4. The number of aliphatic hydroxyl groups is 2. The van der Waals surface area contributed by atoms with Gasteiger partial charge in [0.05, 0.1) is 40.5 Å². The van der Waals surface area contributed by atoms with Crippen LogP contribution in [0.5, 0.6) is 23.0 Å². The summed E-state index contributed by atoms with van der Waals surface area (Å²) in [6, 6.07) is 45.2. The Kier molecular flexibility index (Phi) is 13.8. The lowest BCUT2D eigenvalue weighted by Gasteiger charge is -2.41. The minimum atomic E-state index is -1.81. The van der Waals surface area contributed by atoms with Crippen LogP contribution < -0.4 is 29.6 Å². The highest BCUT2D eigenvalue weighted by atomic mass is 16.5. The Hall–Kier alpha value is -6.62. The van der Waals surface area contributed by atoms with E-state index in [-0.39, 0.29) is 12.8 Å². The van der Waals surface area contributed by atoms with Crippen LogP contribution in [-0.2, 0) is 33.6 Å². The number of carbonyl (C=O) groups excluding carboxylic acids is 2. The first-order valence-electron chi connectivity index (χ1n) is 20.1. The molecular formula is C51H54N2O8. The molecule has 2 atom stereocenters. The molecule has 316 valence electrons. The molecule has 0 heterocycles. The molecule has 6 aromatic rings. The van der Waals surface area contributed by atoms with E-state index in [1.54, 1.807) is 126 Å². The summed E-state index contributed by atoms with van der Waals surface area (Å²) in [6.45, 7) is 3.08. The predicted molar refractivity (Wildman–Crippen MR) is 236 cm³/mol. The third-order valence-corrected chi connectivity index (χ3v) is 11.4. The van der Waals surface area contributed by atoms with Crippen molar-refractivity contribution in [1.82, 2.24) is 10.6 Å². The van der Waals surface area contributed by atoms with Gasteiger partial charge < -0.3 is 39.8 Å². The normalized spacial score (nSPS) is 12.7. The van der Waals surface area contributed by atoms with Gasteiger partial charge in [-0.15, -0.1) is 0 Å². The van der Waals surface area contributed by atoms with E-state index in [2.05, 4.69) is 10.6 Å². The molecule has 0 aliphatic rings. The van der Waals surface area contributed by atoms with E-state index in [1.807, 2.05) is 60.7 Å². The summed E-state index contributed by atoms with van der Waals surface area (Å²) >= 11 is 0. The minimum Gasteiger partial charge on any atom is -0.497 e. The smallest absolute Gasteiger partial charge is 0.235 e. The van der Waals surface area contributed by atoms with Gasteiger partial charge in [0.25, 0.3) is 0 Å². The number of hydrogen-bond acceptors (Lipinski definition) is 8. The van der Waals surface area contributed by atoms with Crippen LogP contribution in [0, 0.1) is 5.41 Å². The molecule has 0 saturated carbocycles. The number of carbonyl (C=O) groups is 2. The Bertz CT molecular complexity index is 2070. The first-order valence-corrected chi connectivity index (χ1v) is 20.1. The fourth-order valence-corrected chi connectivity index (χ4v) is 7.60. The van der Waals surface area contributed by atoms with Crippen LogP contribution >= 0.6 is 0 Å². The van der Waals surface area contributed by atoms with Crippen LogP contribution in [0.2, 0.25) is 0 Å². The monoisotopic (exact) mass is 822 g/mol. The number of nitrogens with one attached hydrogen (secondary N) is 2. The minimum absolute atomic E-state index is 0.199. The fraction of sp³-hybridized carbons (Fsp3) is 0.255. The number of hydrogen-bond donors (Lipinski definition) is 4. The van der Waals surface area contributed by atoms with Crippen molar-refractivity contribution in [3.63, 3.8) is 0 Å². The second-order valence-electron chi connectivity index (χ2n) is 15.5. The molecule has 0 fully saturated rings. The molecular weight excluding hydrogens is 769 g/mol. The molecule has 0 saturated heterocycles. The third kappa shape index (κ3) is 9.56. The molecule has 2 amide bonds. The van der Waals surface area contributed by atoms with Crippen molar-refractivity contribution in [3.05, 3.63) is 191 Å². The quantitative estimate of drug-likeness (QED) is 0.0661. The van der Waals surface area contributed by atoms with Crippen LogP contribution in [0.1, 0.15) is 47.2 Å². The van der Waals surface area contributed by atoms with E-state index in [9.17, 15) is 19.8 Å². The molecule has 10 heteroatoms. The number of amides is 2. The van der Waals surface area contributed by atoms with Crippen molar-refractivity contribution in [3.8, 4) is 23.0 Å². The Labute approximate surface area is 358 Å². The van der Waals surface area contributed by atoms with Crippen molar-refractivity contribution in [1.29, 1.82) is 0 Å². The molecule has 61 heavy (non-hydrogen) atoms. The maximum Gasteiger partial charge on any atom is 0.235 e. The molecule has 6 rings (SSSR count). The summed E-state index contributed by atoms with van der Waals surface area (Å²) in [7, 11) is 6.26. The number of rotatable bonds is 18. The Morgan fingerprint density at radius 2 is 0.689 bits per heavy atom. The molecule has 0 radical (unpaired) electrons. The molecule has 0 aliphatic carbocycles. The zero-order chi connectivity index (χ0) is 43.6. The zero-order valence-corrected chi connectivity index (χ0v) is 35.4. The first kappa shape index (κ1) is 43.9. The lowest BCUT2D eigenvalue weighted by molar-refractivity contribution is -0.144. The van der Waals surface area contributed by atoms with Gasteiger partial charge >= 0.3 is 0 Å². The van der Waals surface area contributed by atoms with E-state index in [4.69, 9.17) is 18.9 Å². The van der Waals surface area contributed by atoms with Gasteiger partial charge in [-0.2, -0.15) is 0 Å². The van der Waals surface area contributed by atoms with Crippen LogP contribution in [0.3, 0.4) is 0 Å². The second-order valence-corrected chi connectivity index (χ2v) is 15.5. The van der Waals surface area contributed by atoms with E-state index >= 15 is 0 Å². The second kappa shape index (κ2) is 19.2. The average Bonchev–Trinajstić information content (AvgIpc) is 3.31. The Morgan fingerprint density at radius 1 is 0.443 bits per heavy atom. The lowest BCUT2D eigenvalue weighted by Crippen LogP contribution is -2.60. The highest BCUT2D eigenvalue weighted by Gasteiger charge is 2.48. The molecule has 6 aromatic carbocycles. The Balaban J connectivity index is 1.42. The van der Waals surface area contributed by atoms with Crippen molar-refractivity contribution < 1.29 is 38.7 Å². The summed E-state index contributed by atoms with van der Waals surface area (Å²) in [5.74, 6) is 1.10. The van der Waals surface area contributed by atoms with Gasteiger partial charge in [-0.05, 0) is 109 Å². The summed E-state index contributed by atoms with van der Waals surface area (Å²) in [6.07, 6.45) is 0.397. The van der Waals surface area contributed by atoms with Gasteiger partial charge in [-0.3, -0.25) is 9.59 Å². The van der Waals surface area contributed by atoms with E-state index in [1.165, 1.54) is 13.8 Å². The highest BCUT2D eigenvalue weighted by molar-refractivity contribution is 6.04. The van der Waals surface area contributed by atoms with Crippen LogP contribution in [0.15, 0.2) is 158 Å². The van der Waals surface area contributed by atoms with Crippen LogP contribution in [-0.4, -0.2) is 62.6 Å². The number of ether oxygens (including phenoxy) is 4. The average molecular weight is 823 g/mol. The SMILES string of the molecule is COc1ccc(C(O)(c2ccc(OC)cc2)C(Cc2ccccc2)NC(=O)C(C)(C)C(=O)NC(Cc2ccccc2)C(O)(c2ccc(OC)cc2)c2ccc(OC)cc2)cc1. The highest BCUT2D eigenvalue weighted by Crippen LogP contribution is 2.39. The summed E-state index contributed by atoms with van der Waals surface area (Å²) in [5, 5.41) is 32.6.